The molecule has 0 saturated heterocycles. The first-order chi connectivity index (χ1) is 12.7. The smallest absolute Gasteiger partial charge is 0.303 e. The normalized spacial score (nSPS) is 14.1. The number of nitrogens with zero attached hydrogens (tertiary/aromatic N) is 2. The first-order valence-corrected chi connectivity index (χ1v) is 9.13. The van der Waals surface area contributed by atoms with E-state index < -0.39 is 5.97 Å². The van der Waals surface area contributed by atoms with Crippen molar-refractivity contribution in [1.29, 1.82) is 0 Å². The van der Waals surface area contributed by atoms with Gasteiger partial charge in [-0.2, -0.15) is 0 Å². The van der Waals surface area contributed by atoms with Crippen LogP contribution < -0.4 is 4.90 Å². The lowest BCUT2D eigenvalue weighted by Crippen LogP contribution is -2.23. The van der Waals surface area contributed by atoms with Gasteiger partial charge in [-0.3, -0.25) is 4.79 Å². The molecule has 0 saturated carbocycles. The van der Waals surface area contributed by atoms with Gasteiger partial charge in [0.2, 0.25) is 0 Å². The van der Waals surface area contributed by atoms with Gasteiger partial charge in [0, 0.05) is 24.9 Å². The standard InChI is InChI=1S/C22H22N2O2/c25-22(26)12-11-17-14-21(23-20-10-4-3-9-19(17)20)24-13-5-8-16-6-1-2-7-18(16)15-24/h1-4,6-7,9-10,14H,5,8,11-13,15H2,(H,25,26). The maximum absolute atomic E-state index is 11.1. The minimum atomic E-state index is -0.767. The lowest BCUT2D eigenvalue weighted by Gasteiger charge is -2.23. The summed E-state index contributed by atoms with van der Waals surface area (Å²) >= 11 is 0. The lowest BCUT2D eigenvalue weighted by molar-refractivity contribution is -0.136. The van der Waals surface area contributed by atoms with Crippen molar-refractivity contribution >= 4 is 22.7 Å². The number of rotatable bonds is 4. The van der Waals surface area contributed by atoms with Gasteiger partial charge in [0.05, 0.1) is 5.52 Å². The van der Waals surface area contributed by atoms with Gasteiger partial charge in [-0.15, -0.1) is 0 Å². The highest BCUT2D eigenvalue weighted by molar-refractivity contribution is 5.84. The van der Waals surface area contributed by atoms with E-state index in [9.17, 15) is 4.79 Å². The first-order valence-electron chi connectivity index (χ1n) is 9.13. The van der Waals surface area contributed by atoms with Crippen LogP contribution in [0.2, 0.25) is 0 Å². The Morgan fingerprint density at radius 3 is 2.69 bits per heavy atom. The predicted molar refractivity (Wildman–Crippen MR) is 104 cm³/mol. The largest absolute Gasteiger partial charge is 0.481 e. The van der Waals surface area contributed by atoms with Crippen LogP contribution >= 0.6 is 0 Å². The monoisotopic (exact) mass is 346 g/mol. The Bertz CT molecular complexity index is 952. The Morgan fingerprint density at radius 1 is 1.08 bits per heavy atom. The van der Waals surface area contributed by atoms with Crippen LogP contribution in [0.4, 0.5) is 5.82 Å². The highest BCUT2D eigenvalue weighted by atomic mass is 16.4. The summed E-state index contributed by atoms with van der Waals surface area (Å²) in [5.41, 5.74) is 4.77. The summed E-state index contributed by atoms with van der Waals surface area (Å²) < 4.78 is 0. The van der Waals surface area contributed by atoms with E-state index in [1.807, 2.05) is 24.3 Å². The van der Waals surface area contributed by atoms with Crippen LogP contribution in [0.25, 0.3) is 10.9 Å². The van der Waals surface area contributed by atoms with Crippen LogP contribution in [0.1, 0.15) is 29.5 Å². The number of carboxylic acid groups (broad SMARTS) is 1. The van der Waals surface area contributed by atoms with E-state index in [1.165, 1.54) is 11.1 Å². The van der Waals surface area contributed by atoms with Crippen LogP contribution in [0.5, 0.6) is 0 Å². The third kappa shape index (κ3) is 3.40. The van der Waals surface area contributed by atoms with Crippen molar-refractivity contribution in [3.05, 3.63) is 71.3 Å². The van der Waals surface area contributed by atoms with E-state index in [4.69, 9.17) is 10.1 Å². The molecule has 3 aromatic rings. The lowest BCUT2D eigenvalue weighted by atomic mass is 10.0. The molecule has 132 valence electrons. The molecule has 0 unspecified atom stereocenters. The molecule has 1 aliphatic heterocycles. The molecular formula is C22H22N2O2. The Morgan fingerprint density at radius 2 is 1.85 bits per heavy atom. The second-order valence-corrected chi connectivity index (χ2v) is 6.84. The summed E-state index contributed by atoms with van der Waals surface area (Å²) in [6, 6.07) is 18.7. The fraction of sp³-hybridized carbons (Fsp3) is 0.273. The predicted octanol–water partition coefficient (Wildman–Crippen LogP) is 4.20. The Hall–Kier alpha value is -2.88. The van der Waals surface area contributed by atoms with Crippen molar-refractivity contribution in [3.63, 3.8) is 0 Å². The number of benzene rings is 2. The number of hydrogen-bond acceptors (Lipinski definition) is 3. The number of carboxylic acids is 1. The average molecular weight is 346 g/mol. The number of anilines is 1. The molecule has 2 heterocycles. The summed E-state index contributed by atoms with van der Waals surface area (Å²) in [7, 11) is 0. The molecule has 0 aliphatic carbocycles. The molecule has 0 atom stereocenters. The van der Waals surface area contributed by atoms with Crippen LogP contribution in [-0.4, -0.2) is 22.6 Å². The third-order valence-electron chi connectivity index (χ3n) is 5.07. The molecule has 0 spiro atoms. The van der Waals surface area contributed by atoms with Gasteiger partial charge in [-0.25, -0.2) is 4.98 Å². The number of pyridine rings is 1. The highest BCUT2D eigenvalue weighted by Gasteiger charge is 2.17. The summed E-state index contributed by atoms with van der Waals surface area (Å²) in [4.78, 5) is 18.3. The molecule has 26 heavy (non-hydrogen) atoms. The fourth-order valence-corrected chi connectivity index (χ4v) is 3.74. The van der Waals surface area contributed by atoms with Crippen LogP contribution in [0.15, 0.2) is 54.6 Å². The molecule has 0 fully saturated rings. The number of aromatic nitrogens is 1. The van der Waals surface area contributed by atoms with E-state index >= 15 is 0 Å². The van der Waals surface area contributed by atoms with Crippen molar-refractivity contribution < 1.29 is 9.90 Å². The molecule has 4 rings (SSSR count). The molecule has 1 N–H and O–H groups in total. The molecule has 1 aromatic heterocycles. The van der Waals surface area contributed by atoms with Gasteiger partial charge in [-0.05, 0) is 48.1 Å². The minimum absolute atomic E-state index is 0.135. The van der Waals surface area contributed by atoms with E-state index in [-0.39, 0.29) is 6.42 Å². The van der Waals surface area contributed by atoms with E-state index in [0.29, 0.717) is 6.42 Å². The molecule has 4 heteroatoms. The van der Waals surface area contributed by atoms with E-state index in [1.54, 1.807) is 0 Å². The van der Waals surface area contributed by atoms with Crippen molar-refractivity contribution in [1.82, 2.24) is 4.98 Å². The molecular weight excluding hydrogens is 324 g/mol. The van der Waals surface area contributed by atoms with E-state index in [0.717, 1.165) is 48.2 Å². The molecule has 1 aliphatic rings. The zero-order chi connectivity index (χ0) is 17.9. The van der Waals surface area contributed by atoms with Crippen molar-refractivity contribution in [2.75, 3.05) is 11.4 Å². The topological polar surface area (TPSA) is 53.4 Å². The van der Waals surface area contributed by atoms with Gasteiger partial charge >= 0.3 is 5.97 Å². The Kier molecular flexibility index (Phi) is 4.57. The van der Waals surface area contributed by atoms with Gasteiger partial charge in [0.25, 0.3) is 0 Å². The average Bonchev–Trinajstić information content (AvgIpc) is 2.88. The van der Waals surface area contributed by atoms with E-state index in [2.05, 4.69) is 35.2 Å². The Balaban J connectivity index is 1.73. The Labute approximate surface area is 153 Å². The first kappa shape index (κ1) is 16.6. The minimum Gasteiger partial charge on any atom is -0.481 e. The highest BCUT2D eigenvalue weighted by Crippen LogP contribution is 2.27. The van der Waals surface area contributed by atoms with Crippen molar-refractivity contribution in [3.8, 4) is 0 Å². The zero-order valence-electron chi connectivity index (χ0n) is 14.7. The second-order valence-electron chi connectivity index (χ2n) is 6.84. The molecule has 0 amide bonds. The number of para-hydroxylation sites is 1. The number of aryl methyl sites for hydroxylation is 2. The molecule has 4 nitrogen and oxygen atoms in total. The van der Waals surface area contributed by atoms with Crippen molar-refractivity contribution in [2.24, 2.45) is 0 Å². The summed E-state index contributed by atoms with van der Waals surface area (Å²) in [6.45, 7) is 1.80. The van der Waals surface area contributed by atoms with Crippen LogP contribution in [0, 0.1) is 0 Å². The summed E-state index contributed by atoms with van der Waals surface area (Å²) in [5.74, 6) is 0.178. The molecule has 0 radical (unpaired) electrons. The zero-order valence-corrected chi connectivity index (χ0v) is 14.7. The van der Waals surface area contributed by atoms with Crippen molar-refractivity contribution in [2.45, 2.75) is 32.2 Å². The number of hydrogen-bond donors (Lipinski definition) is 1. The number of fused-ring (bicyclic) bond motifs is 2. The summed E-state index contributed by atoms with van der Waals surface area (Å²) in [6.07, 6.45) is 2.84. The maximum atomic E-state index is 11.1. The summed E-state index contributed by atoms with van der Waals surface area (Å²) in [5, 5.41) is 10.1. The third-order valence-corrected chi connectivity index (χ3v) is 5.07. The van der Waals surface area contributed by atoms with Gasteiger partial charge in [-0.1, -0.05) is 42.5 Å². The maximum Gasteiger partial charge on any atom is 0.303 e. The number of carbonyl (C=O) groups is 1. The van der Waals surface area contributed by atoms with Crippen LogP contribution in [-0.2, 0) is 24.2 Å². The molecule has 0 bridgehead atoms. The fourth-order valence-electron chi connectivity index (χ4n) is 3.74. The SMILES string of the molecule is O=C(O)CCc1cc(N2CCCc3ccccc3C2)nc2ccccc12. The van der Waals surface area contributed by atoms with Crippen LogP contribution in [0.3, 0.4) is 0 Å². The van der Waals surface area contributed by atoms with Gasteiger partial charge in [0.1, 0.15) is 5.82 Å². The van der Waals surface area contributed by atoms with Gasteiger partial charge < -0.3 is 10.0 Å². The van der Waals surface area contributed by atoms with Gasteiger partial charge in [0.15, 0.2) is 0 Å². The second kappa shape index (κ2) is 7.16. The molecule has 2 aromatic carbocycles. The number of aliphatic carboxylic acids is 1. The quantitative estimate of drug-likeness (QED) is 0.769.